The van der Waals surface area contributed by atoms with Gasteiger partial charge in [0.15, 0.2) is 6.29 Å². The first-order valence-electron chi connectivity index (χ1n) is 5.62. The van der Waals surface area contributed by atoms with Crippen LogP contribution in [0.5, 0.6) is 0 Å². The van der Waals surface area contributed by atoms with Crippen LogP contribution in [0.2, 0.25) is 0 Å². The molecule has 14 heavy (non-hydrogen) atoms. The molecule has 2 aliphatic heterocycles. The molecular formula is C11H18O3. The molecule has 0 radical (unpaired) electrons. The molecule has 0 aromatic rings. The summed E-state index contributed by atoms with van der Waals surface area (Å²) in [5.74, 6) is 0.556. The molecule has 5 unspecified atom stereocenters. The summed E-state index contributed by atoms with van der Waals surface area (Å²) < 4.78 is 17.0. The van der Waals surface area contributed by atoms with Gasteiger partial charge in [0.1, 0.15) is 0 Å². The molecule has 0 aromatic carbocycles. The Kier molecular flexibility index (Phi) is 1.92. The minimum Gasteiger partial charge on any atom is -0.366 e. The molecule has 3 aliphatic rings. The van der Waals surface area contributed by atoms with E-state index >= 15 is 0 Å². The highest BCUT2D eigenvalue weighted by atomic mass is 16.7. The van der Waals surface area contributed by atoms with Crippen molar-refractivity contribution >= 4 is 0 Å². The number of rotatable bonds is 1. The zero-order chi connectivity index (χ0) is 9.76. The van der Waals surface area contributed by atoms with E-state index < -0.39 is 0 Å². The van der Waals surface area contributed by atoms with Crippen LogP contribution in [0.15, 0.2) is 0 Å². The van der Waals surface area contributed by atoms with Crippen molar-refractivity contribution in [2.45, 2.75) is 57.2 Å². The molecule has 1 aliphatic carbocycles. The second-order valence-electron chi connectivity index (χ2n) is 5.10. The third-order valence-electron chi connectivity index (χ3n) is 3.81. The van der Waals surface area contributed by atoms with Gasteiger partial charge in [0.05, 0.1) is 24.4 Å². The molecule has 0 bridgehead atoms. The molecule has 80 valence electrons. The Morgan fingerprint density at radius 3 is 2.86 bits per heavy atom. The Morgan fingerprint density at radius 1 is 1.36 bits per heavy atom. The molecule has 0 amide bonds. The highest BCUT2D eigenvalue weighted by Crippen LogP contribution is 2.50. The molecule has 0 N–H and O–H groups in total. The molecular weight excluding hydrogens is 180 g/mol. The fraction of sp³-hybridized carbons (Fsp3) is 1.00. The Balaban J connectivity index is 1.60. The largest absolute Gasteiger partial charge is 0.366 e. The van der Waals surface area contributed by atoms with E-state index in [1.165, 1.54) is 12.8 Å². The summed E-state index contributed by atoms with van der Waals surface area (Å²) in [6.07, 6.45) is 4.26. The van der Waals surface area contributed by atoms with Gasteiger partial charge in [-0.15, -0.1) is 0 Å². The predicted octanol–water partition coefficient (Wildman–Crippen LogP) is 1.71. The van der Waals surface area contributed by atoms with E-state index in [2.05, 4.69) is 13.8 Å². The van der Waals surface area contributed by atoms with E-state index in [-0.39, 0.29) is 18.0 Å². The Bertz CT molecular complexity index is 243. The summed E-state index contributed by atoms with van der Waals surface area (Å²) in [7, 11) is 0. The molecule has 2 heterocycles. The predicted molar refractivity (Wildman–Crippen MR) is 50.9 cm³/mol. The molecule has 3 fully saturated rings. The molecule has 0 aromatic heterocycles. The zero-order valence-corrected chi connectivity index (χ0v) is 8.86. The molecule has 2 saturated heterocycles. The molecule has 3 nitrogen and oxygen atoms in total. The summed E-state index contributed by atoms with van der Waals surface area (Å²) in [6.45, 7) is 5.04. The van der Waals surface area contributed by atoms with E-state index in [0.29, 0.717) is 12.0 Å². The number of hydrogen-bond acceptors (Lipinski definition) is 3. The summed E-state index contributed by atoms with van der Waals surface area (Å²) in [4.78, 5) is 0. The molecule has 5 atom stereocenters. The van der Waals surface area contributed by atoms with Crippen LogP contribution in [0.25, 0.3) is 0 Å². The van der Waals surface area contributed by atoms with Gasteiger partial charge in [-0.1, -0.05) is 0 Å². The van der Waals surface area contributed by atoms with E-state index in [9.17, 15) is 0 Å². The summed E-state index contributed by atoms with van der Waals surface area (Å²) in [6, 6.07) is 0. The van der Waals surface area contributed by atoms with Gasteiger partial charge >= 0.3 is 0 Å². The average Bonchev–Trinajstić information content (AvgIpc) is 2.64. The second-order valence-corrected chi connectivity index (χ2v) is 5.10. The van der Waals surface area contributed by atoms with Gasteiger partial charge in [0, 0.05) is 5.92 Å². The van der Waals surface area contributed by atoms with Crippen LogP contribution in [0, 0.1) is 5.92 Å². The first-order chi connectivity index (χ1) is 6.67. The Hall–Kier alpha value is -0.120. The third kappa shape index (κ3) is 1.38. The number of epoxide rings is 1. The van der Waals surface area contributed by atoms with Crippen LogP contribution in [-0.4, -0.2) is 30.7 Å². The fourth-order valence-corrected chi connectivity index (χ4v) is 2.71. The minimum absolute atomic E-state index is 0.0405. The van der Waals surface area contributed by atoms with Crippen molar-refractivity contribution in [2.75, 3.05) is 6.61 Å². The lowest BCUT2D eigenvalue weighted by atomic mass is 9.82. The minimum atomic E-state index is 0.0405. The van der Waals surface area contributed by atoms with Crippen LogP contribution in [-0.2, 0) is 14.2 Å². The van der Waals surface area contributed by atoms with Gasteiger partial charge in [-0.3, -0.25) is 0 Å². The molecule has 3 rings (SSSR count). The summed E-state index contributed by atoms with van der Waals surface area (Å²) in [5, 5.41) is 0. The SMILES string of the molecule is CC1COC(C2CCC3(C)OC3C2)O1. The highest BCUT2D eigenvalue weighted by molar-refractivity contribution is 5.04. The van der Waals surface area contributed by atoms with E-state index in [0.717, 1.165) is 13.0 Å². The van der Waals surface area contributed by atoms with Gasteiger partial charge in [-0.25, -0.2) is 0 Å². The van der Waals surface area contributed by atoms with Gasteiger partial charge in [0.25, 0.3) is 0 Å². The van der Waals surface area contributed by atoms with Crippen molar-refractivity contribution < 1.29 is 14.2 Å². The maximum absolute atomic E-state index is 5.72. The monoisotopic (exact) mass is 198 g/mol. The summed E-state index contributed by atoms with van der Waals surface area (Å²) in [5.41, 5.74) is 0.209. The average molecular weight is 198 g/mol. The van der Waals surface area contributed by atoms with Crippen molar-refractivity contribution in [3.05, 3.63) is 0 Å². The first kappa shape index (κ1) is 9.13. The van der Waals surface area contributed by atoms with Crippen LogP contribution in [0.4, 0.5) is 0 Å². The molecule has 3 heteroatoms. The molecule has 1 saturated carbocycles. The van der Waals surface area contributed by atoms with Gasteiger partial charge in [0.2, 0.25) is 0 Å². The van der Waals surface area contributed by atoms with Gasteiger partial charge in [-0.05, 0) is 33.1 Å². The topological polar surface area (TPSA) is 31.0 Å². The van der Waals surface area contributed by atoms with Crippen molar-refractivity contribution in [1.82, 2.24) is 0 Å². The normalized spacial score (nSPS) is 57.0. The Morgan fingerprint density at radius 2 is 2.21 bits per heavy atom. The smallest absolute Gasteiger partial charge is 0.161 e. The highest BCUT2D eigenvalue weighted by Gasteiger charge is 2.56. The van der Waals surface area contributed by atoms with Gasteiger partial charge < -0.3 is 14.2 Å². The van der Waals surface area contributed by atoms with Crippen LogP contribution >= 0.6 is 0 Å². The maximum Gasteiger partial charge on any atom is 0.161 e. The summed E-state index contributed by atoms with van der Waals surface area (Å²) >= 11 is 0. The first-order valence-corrected chi connectivity index (χ1v) is 5.62. The van der Waals surface area contributed by atoms with E-state index in [1.54, 1.807) is 0 Å². The zero-order valence-electron chi connectivity index (χ0n) is 8.86. The van der Waals surface area contributed by atoms with Crippen LogP contribution in [0.3, 0.4) is 0 Å². The third-order valence-corrected chi connectivity index (χ3v) is 3.81. The second kappa shape index (κ2) is 2.94. The van der Waals surface area contributed by atoms with Crippen LogP contribution in [0.1, 0.15) is 33.1 Å². The van der Waals surface area contributed by atoms with Crippen molar-refractivity contribution in [3.8, 4) is 0 Å². The van der Waals surface area contributed by atoms with Crippen molar-refractivity contribution in [1.29, 1.82) is 0 Å². The number of ether oxygens (including phenoxy) is 3. The standard InChI is InChI=1S/C11H18O3/c1-7-6-12-10(13-7)8-3-4-11(2)9(5-8)14-11/h7-10H,3-6H2,1-2H3. The van der Waals surface area contributed by atoms with Crippen molar-refractivity contribution in [3.63, 3.8) is 0 Å². The molecule has 0 spiro atoms. The number of hydrogen-bond donors (Lipinski definition) is 0. The van der Waals surface area contributed by atoms with Gasteiger partial charge in [-0.2, -0.15) is 0 Å². The number of fused-ring (bicyclic) bond motifs is 1. The van der Waals surface area contributed by atoms with Crippen LogP contribution < -0.4 is 0 Å². The maximum atomic E-state index is 5.72. The quantitative estimate of drug-likeness (QED) is 0.601. The van der Waals surface area contributed by atoms with E-state index in [1.807, 2.05) is 0 Å². The van der Waals surface area contributed by atoms with E-state index in [4.69, 9.17) is 14.2 Å². The lowest BCUT2D eigenvalue weighted by Gasteiger charge is -2.26. The lowest BCUT2D eigenvalue weighted by Crippen LogP contribution is -2.30. The lowest BCUT2D eigenvalue weighted by molar-refractivity contribution is -0.102. The fourth-order valence-electron chi connectivity index (χ4n) is 2.71. The van der Waals surface area contributed by atoms with Crippen molar-refractivity contribution in [2.24, 2.45) is 5.92 Å². The Labute approximate surface area is 84.7 Å².